The number of hydrogen-bond donors (Lipinski definition) is 2. The van der Waals surface area contributed by atoms with E-state index >= 15 is 0 Å². The van der Waals surface area contributed by atoms with Gasteiger partial charge in [-0.25, -0.2) is 4.79 Å². The van der Waals surface area contributed by atoms with E-state index in [1.165, 1.54) is 13.2 Å². The van der Waals surface area contributed by atoms with Crippen LogP contribution in [-0.2, 0) is 9.53 Å². The van der Waals surface area contributed by atoms with E-state index in [0.29, 0.717) is 17.2 Å². The minimum Gasteiger partial charge on any atom is -0.497 e. The molecular weight excluding hydrogens is 362 g/mol. The zero-order valence-corrected chi connectivity index (χ0v) is 16.4. The van der Waals surface area contributed by atoms with Crippen LogP contribution in [0.5, 0.6) is 11.5 Å². The molecule has 0 bridgehead atoms. The number of hydrogen-bond acceptors (Lipinski definition) is 7. The Hall–Kier alpha value is -3.06. The van der Waals surface area contributed by atoms with Crippen molar-refractivity contribution in [3.05, 3.63) is 53.6 Å². The number of ether oxygens (including phenoxy) is 3. The Balaban J connectivity index is 2.34. The minimum atomic E-state index is -1.67. The van der Waals surface area contributed by atoms with E-state index in [2.05, 4.69) is 5.32 Å². The monoisotopic (exact) mass is 387 g/mol. The molecule has 0 saturated heterocycles. The van der Waals surface area contributed by atoms with Crippen molar-refractivity contribution in [1.29, 1.82) is 0 Å². The third-order valence-electron chi connectivity index (χ3n) is 4.24. The summed E-state index contributed by atoms with van der Waals surface area (Å²) >= 11 is 0. The van der Waals surface area contributed by atoms with Gasteiger partial charge in [0, 0.05) is 5.69 Å². The third kappa shape index (κ3) is 4.80. The van der Waals surface area contributed by atoms with Gasteiger partial charge in [-0.15, -0.1) is 0 Å². The second kappa shape index (κ2) is 9.75. The van der Waals surface area contributed by atoms with Crippen molar-refractivity contribution in [2.24, 2.45) is 0 Å². The Labute approximate surface area is 164 Å². The molecule has 2 N–H and O–H groups in total. The summed E-state index contributed by atoms with van der Waals surface area (Å²) in [6.07, 6.45) is -1.67. The van der Waals surface area contributed by atoms with Crippen LogP contribution in [-0.4, -0.2) is 49.8 Å². The maximum absolute atomic E-state index is 12.9. The van der Waals surface area contributed by atoms with Gasteiger partial charge in [0.25, 0.3) is 0 Å². The molecular formula is C21H25NO6. The average molecular weight is 387 g/mol. The Kier molecular flexibility index (Phi) is 7.40. The molecule has 2 aromatic rings. The summed E-state index contributed by atoms with van der Waals surface area (Å²) in [5.74, 6) is -0.404. The molecule has 0 aliphatic heterocycles. The van der Waals surface area contributed by atoms with Gasteiger partial charge in [-0.05, 0) is 49.7 Å². The summed E-state index contributed by atoms with van der Waals surface area (Å²) in [7, 11) is 2.99. The van der Waals surface area contributed by atoms with E-state index in [4.69, 9.17) is 14.2 Å². The molecule has 0 heterocycles. The van der Waals surface area contributed by atoms with Crippen LogP contribution in [0.1, 0.15) is 22.8 Å². The van der Waals surface area contributed by atoms with E-state index in [0.717, 1.165) is 5.56 Å². The van der Waals surface area contributed by atoms with E-state index in [9.17, 15) is 14.7 Å². The van der Waals surface area contributed by atoms with Crippen molar-refractivity contribution in [3.8, 4) is 11.5 Å². The number of carbonyl (C=O) groups is 2. The van der Waals surface area contributed by atoms with Crippen LogP contribution in [0.15, 0.2) is 42.5 Å². The van der Waals surface area contributed by atoms with Crippen molar-refractivity contribution >= 4 is 17.4 Å². The maximum atomic E-state index is 12.9. The highest BCUT2D eigenvalue weighted by molar-refractivity contribution is 6.05. The second-order valence-corrected chi connectivity index (χ2v) is 6.06. The zero-order valence-electron chi connectivity index (χ0n) is 16.4. The van der Waals surface area contributed by atoms with Crippen molar-refractivity contribution in [1.82, 2.24) is 0 Å². The van der Waals surface area contributed by atoms with Crippen LogP contribution < -0.4 is 14.8 Å². The molecule has 0 fully saturated rings. The fraction of sp³-hybridized carbons (Fsp3) is 0.333. The molecule has 2 atom stereocenters. The summed E-state index contributed by atoms with van der Waals surface area (Å²) in [5.41, 5.74) is 1.54. The fourth-order valence-electron chi connectivity index (χ4n) is 2.75. The minimum absolute atomic E-state index is 0.119. The van der Waals surface area contributed by atoms with Crippen molar-refractivity contribution < 1.29 is 28.9 Å². The van der Waals surface area contributed by atoms with Gasteiger partial charge in [0.15, 0.2) is 11.8 Å². The number of aliphatic hydroxyl groups excluding tert-OH is 1. The lowest BCUT2D eigenvalue weighted by Gasteiger charge is -2.24. The zero-order chi connectivity index (χ0) is 20.7. The lowest BCUT2D eigenvalue weighted by atomic mass is 9.99. The number of rotatable bonds is 9. The number of aliphatic hydroxyl groups is 1. The molecule has 0 amide bonds. The van der Waals surface area contributed by atoms with E-state index in [1.54, 1.807) is 50.4 Å². The van der Waals surface area contributed by atoms with Crippen LogP contribution in [0.25, 0.3) is 0 Å². The SMILES string of the molecule is CCOC(=O)[C@H](Nc1ccc(OC)cc1C)[C@@H](O)C(=O)c1ccccc1OC. The van der Waals surface area contributed by atoms with Gasteiger partial charge in [0.05, 0.1) is 26.4 Å². The molecule has 2 rings (SSSR count). The van der Waals surface area contributed by atoms with Crippen molar-refractivity contribution in [2.75, 3.05) is 26.1 Å². The number of para-hydroxylation sites is 1. The first-order valence-electron chi connectivity index (χ1n) is 8.86. The van der Waals surface area contributed by atoms with E-state index in [-0.39, 0.29) is 12.2 Å². The molecule has 0 spiro atoms. The number of aryl methyl sites for hydroxylation is 1. The number of esters is 1. The smallest absolute Gasteiger partial charge is 0.331 e. The summed E-state index contributed by atoms with van der Waals surface area (Å²) < 4.78 is 15.4. The van der Waals surface area contributed by atoms with Crippen LogP contribution in [0, 0.1) is 6.92 Å². The first kappa shape index (κ1) is 21.2. The number of Topliss-reactive ketones (excluding diaryl/α,β-unsaturated/α-hetero) is 1. The number of methoxy groups -OCH3 is 2. The van der Waals surface area contributed by atoms with Crippen LogP contribution >= 0.6 is 0 Å². The molecule has 0 saturated carbocycles. The van der Waals surface area contributed by atoms with E-state index in [1.807, 2.05) is 6.92 Å². The van der Waals surface area contributed by atoms with Gasteiger partial charge in [-0.3, -0.25) is 4.79 Å². The van der Waals surface area contributed by atoms with Crippen LogP contribution in [0.3, 0.4) is 0 Å². The molecule has 0 unspecified atom stereocenters. The second-order valence-electron chi connectivity index (χ2n) is 6.06. The van der Waals surface area contributed by atoms with Gasteiger partial charge < -0.3 is 24.6 Å². The quantitative estimate of drug-likeness (QED) is 0.504. The number of benzene rings is 2. The molecule has 28 heavy (non-hydrogen) atoms. The molecule has 0 radical (unpaired) electrons. The topological polar surface area (TPSA) is 94.1 Å². The lowest BCUT2D eigenvalue weighted by Crippen LogP contribution is -2.46. The highest BCUT2D eigenvalue weighted by Gasteiger charge is 2.35. The number of anilines is 1. The molecule has 0 aliphatic carbocycles. The van der Waals surface area contributed by atoms with Crippen LogP contribution in [0.4, 0.5) is 5.69 Å². The predicted octanol–water partition coefficient (Wildman–Crippen LogP) is 2.60. The molecule has 7 heteroatoms. The van der Waals surface area contributed by atoms with Gasteiger partial charge in [-0.1, -0.05) is 12.1 Å². The highest BCUT2D eigenvalue weighted by atomic mass is 16.5. The third-order valence-corrected chi connectivity index (χ3v) is 4.24. The lowest BCUT2D eigenvalue weighted by molar-refractivity contribution is -0.145. The summed E-state index contributed by atoms with van der Waals surface area (Å²) in [5, 5.41) is 13.6. The Morgan fingerprint density at radius 2 is 1.82 bits per heavy atom. The number of carbonyl (C=O) groups excluding carboxylic acids is 2. The Bertz CT molecular complexity index is 835. The standard InChI is InChI=1S/C21H25NO6/c1-5-28-21(25)18(22-16-11-10-14(26-3)12-13(16)2)20(24)19(23)15-8-6-7-9-17(15)27-4/h6-12,18,20,22,24H,5H2,1-4H3/t18-,20-/m1/s1. The summed E-state index contributed by atoms with van der Waals surface area (Å²) in [4.78, 5) is 25.3. The number of nitrogens with one attached hydrogen (secondary N) is 1. The first-order chi connectivity index (χ1) is 13.4. The highest BCUT2D eigenvalue weighted by Crippen LogP contribution is 2.24. The molecule has 2 aromatic carbocycles. The van der Waals surface area contributed by atoms with Gasteiger partial charge in [0.2, 0.25) is 0 Å². The Morgan fingerprint density at radius 3 is 2.43 bits per heavy atom. The van der Waals surface area contributed by atoms with Gasteiger partial charge in [0.1, 0.15) is 17.6 Å². The molecule has 150 valence electrons. The van der Waals surface area contributed by atoms with E-state index < -0.39 is 23.9 Å². The summed E-state index contributed by atoms with van der Waals surface area (Å²) in [6.45, 7) is 3.59. The largest absolute Gasteiger partial charge is 0.497 e. The molecule has 0 aromatic heterocycles. The Morgan fingerprint density at radius 1 is 1.11 bits per heavy atom. The van der Waals surface area contributed by atoms with Gasteiger partial charge >= 0.3 is 5.97 Å². The predicted molar refractivity (Wildman–Crippen MR) is 105 cm³/mol. The van der Waals surface area contributed by atoms with Crippen molar-refractivity contribution in [2.45, 2.75) is 26.0 Å². The normalized spacial score (nSPS) is 12.6. The van der Waals surface area contributed by atoms with Crippen LogP contribution in [0.2, 0.25) is 0 Å². The fourth-order valence-corrected chi connectivity index (χ4v) is 2.75. The van der Waals surface area contributed by atoms with Gasteiger partial charge in [-0.2, -0.15) is 0 Å². The molecule has 0 aliphatic rings. The van der Waals surface area contributed by atoms with Crippen molar-refractivity contribution in [3.63, 3.8) is 0 Å². The average Bonchev–Trinajstić information content (AvgIpc) is 2.71. The number of ketones is 1. The molecule has 7 nitrogen and oxygen atoms in total. The first-order valence-corrected chi connectivity index (χ1v) is 8.86. The summed E-state index contributed by atoms with van der Waals surface area (Å²) in [6, 6.07) is 10.4. The maximum Gasteiger partial charge on any atom is 0.331 e.